The van der Waals surface area contributed by atoms with Gasteiger partial charge >= 0.3 is 12.2 Å². The van der Waals surface area contributed by atoms with Crippen molar-refractivity contribution in [2.45, 2.75) is 12.3 Å². The minimum Gasteiger partial charge on any atom is -0.390 e. The van der Waals surface area contributed by atoms with Gasteiger partial charge in [0.25, 0.3) is 0 Å². The Morgan fingerprint density at radius 2 is 2.10 bits per heavy atom. The number of amides is 2. The molecule has 0 spiro atoms. The zero-order valence-corrected chi connectivity index (χ0v) is 16.3. The van der Waals surface area contributed by atoms with Crippen LogP contribution in [0.15, 0.2) is 30.9 Å². The molecule has 1 atom stereocenters. The summed E-state index contributed by atoms with van der Waals surface area (Å²) in [5, 5.41) is 16.4. The molecule has 1 aliphatic heterocycles. The van der Waals surface area contributed by atoms with Crippen molar-refractivity contribution in [3.8, 4) is 5.69 Å². The Bertz CT molecular complexity index is 840. The Labute approximate surface area is 171 Å². The maximum atomic E-state index is 13.5. The fraction of sp³-hybridized carbons (Fsp3) is 0.500. The summed E-state index contributed by atoms with van der Waals surface area (Å²) < 4.78 is 46.7. The van der Waals surface area contributed by atoms with E-state index in [4.69, 9.17) is 4.74 Å². The van der Waals surface area contributed by atoms with Gasteiger partial charge in [-0.2, -0.15) is 18.3 Å². The first kappa shape index (κ1) is 22.0. The topological polar surface area (TPSA) is 95.8 Å². The second-order valence-corrected chi connectivity index (χ2v) is 6.95. The predicted molar refractivity (Wildman–Crippen MR) is 101 cm³/mol. The molecule has 1 aromatic heterocycles. The number of alkyl halides is 3. The quantitative estimate of drug-likeness (QED) is 0.723. The van der Waals surface area contributed by atoms with Gasteiger partial charge < -0.3 is 20.1 Å². The van der Waals surface area contributed by atoms with E-state index in [1.807, 2.05) is 4.90 Å². The van der Waals surface area contributed by atoms with Gasteiger partial charge in [0.15, 0.2) is 0 Å². The van der Waals surface area contributed by atoms with Crippen LogP contribution in [0.4, 0.5) is 23.7 Å². The van der Waals surface area contributed by atoms with E-state index in [1.54, 1.807) is 0 Å². The highest BCUT2D eigenvalue weighted by molar-refractivity contribution is 5.89. The number of halogens is 3. The fourth-order valence-electron chi connectivity index (χ4n) is 3.13. The van der Waals surface area contributed by atoms with Crippen LogP contribution >= 0.6 is 0 Å². The minimum atomic E-state index is -4.65. The van der Waals surface area contributed by atoms with Crippen molar-refractivity contribution in [3.63, 3.8) is 0 Å². The second-order valence-electron chi connectivity index (χ2n) is 6.95. The standard InChI is InChI=1S/C18H23F3N6O3/c1-25(9-14(28)10-26-4-6-30-7-5-26)17(29)24-13-2-3-16(27-12-22-11-23-27)15(8-13)18(19,20)21/h2-3,8,11-12,14,28H,4-7,9-10H2,1H3,(H,24,29). The molecule has 2 amide bonds. The molecule has 3 rings (SSSR count). The van der Waals surface area contributed by atoms with Crippen LogP contribution < -0.4 is 5.32 Å². The van der Waals surface area contributed by atoms with E-state index in [0.29, 0.717) is 32.8 Å². The molecule has 2 heterocycles. The first-order chi connectivity index (χ1) is 14.2. The number of aliphatic hydroxyl groups excluding tert-OH is 1. The number of hydrogen-bond acceptors (Lipinski definition) is 6. The van der Waals surface area contributed by atoms with Gasteiger partial charge in [0, 0.05) is 38.9 Å². The average molecular weight is 428 g/mol. The highest BCUT2D eigenvalue weighted by Gasteiger charge is 2.35. The molecule has 1 saturated heterocycles. The lowest BCUT2D eigenvalue weighted by atomic mass is 10.1. The van der Waals surface area contributed by atoms with Gasteiger partial charge in [0.2, 0.25) is 0 Å². The largest absolute Gasteiger partial charge is 0.418 e. The summed E-state index contributed by atoms with van der Waals surface area (Å²) in [7, 11) is 1.46. The third-order valence-electron chi connectivity index (χ3n) is 4.62. The Morgan fingerprint density at radius 1 is 1.37 bits per heavy atom. The molecule has 2 N–H and O–H groups in total. The Kier molecular flexibility index (Phi) is 6.90. The van der Waals surface area contributed by atoms with Crippen molar-refractivity contribution in [2.24, 2.45) is 0 Å². The van der Waals surface area contributed by atoms with Gasteiger partial charge in [-0.15, -0.1) is 0 Å². The fourth-order valence-corrected chi connectivity index (χ4v) is 3.13. The number of hydrogen-bond donors (Lipinski definition) is 2. The third kappa shape index (κ3) is 5.68. The molecule has 12 heteroatoms. The normalized spacial score (nSPS) is 16.3. The molecule has 1 fully saturated rings. The molecule has 2 aromatic rings. The van der Waals surface area contributed by atoms with E-state index in [1.165, 1.54) is 24.1 Å². The lowest BCUT2D eigenvalue weighted by Crippen LogP contribution is -2.45. The van der Waals surface area contributed by atoms with Crippen molar-refractivity contribution in [3.05, 3.63) is 36.4 Å². The highest BCUT2D eigenvalue weighted by Crippen LogP contribution is 2.35. The van der Waals surface area contributed by atoms with Crippen molar-refractivity contribution < 1.29 is 27.8 Å². The van der Waals surface area contributed by atoms with Gasteiger partial charge in [-0.25, -0.2) is 14.5 Å². The van der Waals surface area contributed by atoms with Crippen molar-refractivity contribution in [1.29, 1.82) is 0 Å². The maximum absolute atomic E-state index is 13.5. The van der Waals surface area contributed by atoms with Gasteiger partial charge in [0.05, 0.1) is 30.6 Å². The summed E-state index contributed by atoms with van der Waals surface area (Å²) in [5.74, 6) is 0. The zero-order valence-electron chi connectivity index (χ0n) is 16.3. The number of nitrogens with one attached hydrogen (secondary N) is 1. The van der Waals surface area contributed by atoms with Crippen LogP contribution in [0, 0.1) is 0 Å². The molecule has 1 aromatic carbocycles. The first-order valence-corrected chi connectivity index (χ1v) is 9.30. The van der Waals surface area contributed by atoms with E-state index in [2.05, 4.69) is 15.4 Å². The predicted octanol–water partition coefficient (Wildman–Crippen LogP) is 1.44. The molecule has 9 nitrogen and oxygen atoms in total. The number of nitrogens with zero attached hydrogens (tertiary/aromatic N) is 5. The van der Waals surface area contributed by atoms with Crippen LogP contribution in [-0.2, 0) is 10.9 Å². The monoisotopic (exact) mass is 428 g/mol. The summed E-state index contributed by atoms with van der Waals surface area (Å²) in [5.41, 5.74) is -1.18. The molecule has 164 valence electrons. The van der Waals surface area contributed by atoms with Crippen LogP contribution in [0.5, 0.6) is 0 Å². The van der Waals surface area contributed by atoms with Crippen LogP contribution in [0.3, 0.4) is 0 Å². The van der Waals surface area contributed by atoms with Crippen LogP contribution in [0.1, 0.15) is 5.56 Å². The van der Waals surface area contributed by atoms with Gasteiger partial charge in [-0.1, -0.05) is 0 Å². The zero-order chi connectivity index (χ0) is 21.7. The Balaban J connectivity index is 1.64. The summed E-state index contributed by atoms with van der Waals surface area (Å²) in [4.78, 5) is 19.3. The SMILES string of the molecule is CN(CC(O)CN1CCOCC1)C(=O)Nc1ccc(-n2cncn2)c(C(F)(F)F)c1. The van der Waals surface area contributed by atoms with Crippen LogP contribution in [0.25, 0.3) is 5.69 Å². The number of anilines is 1. The number of ether oxygens (including phenoxy) is 1. The highest BCUT2D eigenvalue weighted by atomic mass is 19.4. The van der Waals surface area contributed by atoms with Gasteiger partial charge in [0.1, 0.15) is 12.7 Å². The van der Waals surface area contributed by atoms with E-state index in [9.17, 15) is 23.1 Å². The first-order valence-electron chi connectivity index (χ1n) is 9.30. The number of urea groups is 1. The van der Waals surface area contributed by atoms with E-state index < -0.39 is 23.9 Å². The number of aliphatic hydroxyl groups is 1. The van der Waals surface area contributed by atoms with Crippen molar-refractivity contribution >= 4 is 11.7 Å². The molecule has 0 bridgehead atoms. The van der Waals surface area contributed by atoms with Crippen LogP contribution in [0.2, 0.25) is 0 Å². The average Bonchev–Trinajstić information content (AvgIpc) is 3.22. The number of aromatic nitrogens is 3. The minimum absolute atomic E-state index is 0.0225. The number of benzene rings is 1. The second kappa shape index (κ2) is 9.41. The summed E-state index contributed by atoms with van der Waals surface area (Å²) in [6.45, 7) is 3.00. The number of β-amino-alcohol motifs (C(OH)–C–C–N with tert-alkyl or cyclic N) is 1. The molecule has 0 aliphatic carbocycles. The molecule has 0 saturated carbocycles. The molecule has 1 aliphatic rings. The summed E-state index contributed by atoms with van der Waals surface area (Å²) in [6.07, 6.45) is -3.15. The van der Waals surface area contributed by atoms with Crippen molar-refractivity contribution in [1.82, 2.24) is 24.6 Å². The molecular weight excluding hydrogens is 405 g/mol. The molecule has 30 heavy (non-hydrogen) atoms. The van der Waals surface area contributed by atoms with Gasteiger partial charge in [-0.05, 0) is 18.2 Å². The third-order valence-corrected chi connectivity index (χ3v) is 4.62. The molecule has 0 radical (unpaired) electrons. The molecule has 1 unspecified atom stereocenters. The molecular formula is C18H23F3N6O3. The Hall–Kier alpha value is -2.70. The summed E-state index contributed by atoms with van der Waals surface area (Å²) >= 11 is 0. The Morgan fingerprint density at radius 3 is 2.73 bits per heavy atom. The number of morpholine rings is 1. The smallest absolute Gasteiger partial charge is 0.390 e. The number of carbonyl (C=O) groups excluding carboxylic acids is 1. The van der Waals surface area contributed by atoms with Crippen LogP contribution in [-0.4, -0.2) is 88.2 Å². The summed E-state index contributed by atoms with van der Waals surface area (Å²) in [6, 6.07) is 2.77. The van der Waals surface area contributed by atoms with Gasteiger partial charge in [-0.3, -0.25) is 4.90 Å². The van der Waals surface area contributed by atoms with Crippen molar-refractivity contribution in [2.75, 3.05) is 51.8 Å². The number of rotatable bonds is 6. The lowest BCUT2D eigenvalue weighted by molar-refractivity contribution is -0.137. The maximum Gasteiger partial charge on any atom is 0.418 e. The number of carbonyl (C=O) groups is 1. The van der Waals surface area contributed by atoms with E-state index in [-0.39, 0.29) is 17.9 Å². The number of likely N-dealkylation sites (N-methyl/N-ethyl adjacent to an activating group) is 1. The van der Waals surface area contributed by atoms with E-state index in [0.717, 1.165) is 23.4 Å². The van der Waals surface area contributed by atoms with E-state index >= 15 is 0 Å². The lowest BCUT2D eigenvalue weighted by Gasteiger charge is -2.30.